The topological polar surface area (TPSA) is 55.1 Å². The van der Waals surface area contributed by atoms with E-state index in [4.69, 9.17) is 5.73 Å². The lowest BCUT2D eigenvalue weighted by molar-refractivity contribution is 0.0996. The Morgan fingerprint density at radius 3 is 2.26 bits per heavy atom. The van der Waals surface area contributed by atoms with Crippen LogP contribution in [-0.4, -0.2) is 11.9 Å². The SMILES string of the molecule is NC(=O)c1cccc(-c2ccc(CNC3Cc4ccccc4C3)cc2)c1F. The van der Waals surface area contributed by atoms with Crippen LogP contribution >= 0.6 is 0 Å². The van der Waals surface area contributed by atoms with E-state index >= 15 is 0 Å². The van der Waals surface area contributed by atoms with E-state index in [2.05, 4.69) is 29.6 Å². The summed E-state index contributed by atoms with van der Waals surface area (Å²) in [5.74, 6) is -1.33. The fourth-order valence-electron chi connectivity index (χ4n) is 3.71. The molecular formula is C23H21FN2O. The van der Waals surface area contributed by atoms with Gasteiger partial charge in [-0.2, -0.15) is 0 Å². The van der Waals surface area contributed by atoms with Gasteiger partial charge < -0.3 is 11.1 Å². The zero-order chi connectivity index (χ0) is 18.8. The molecule has 0 fully saturated rings. The van der Waals surface area contributed by atoms with Crippen LogP contribution in [0.3, 0.4) is 0 Å². The lowest BCUT2D eigenvalue weighted by atomic mass is 10.0. The number of benzene rings is 3. The molecule has 4 rings (SSSR count). The molecule has 0 unspecified atom stereocenters. The van der Waals surface area contributed by atoms with Gasteiger partial charge in [-0.15, -0.1) is 0 Å². The number of fused-ring (bicyclic) bond motifs is 1. The molecule has 0 aliphatic heterocycles. The van der Waals surface area contributed by atoms with Gasteiger partial charge in [0, 0.05) is 18.2 Å². The predicted octanol–water partition coefficient (Wildman–Crippen LogP) is 3.85. The summed E-state index contributed by atoms with van der Waals surface area (Å²) in [4.78, 5) is 11.3. The standard InChI is InChI=1S/C23H21FN2O/c24-22-20(6-3-7-21(22)23(25)27)16-10-8-15(9-11-16)14-26-19-12-17-4-1-2-5-18(17)13-19/h1-11,19,26H,12-14H2,(H2,25,27). The Bertz CT molecular complexity index is 957. The van der Waals surface area contributed by atoms with Gasteiger partial charge in [0.25, 0.3) is 5.91 Å². The molecule has 1 amide bonds. The van der Waals surface area contributed by atoms with Gasteiger partial charge in [-0.05, 0) is 41.2 Å². The minimum Gasteiger partial charge on any atom is -0.366 e. The highest BCUT2D eigenvalue weighted by Gasteiger charge is 2.20. The molecule has 3 nitrogen and oxygen atoms in total. The lowest BCUT2D eigenvalue weighted by Crippen LogP contribution is -2.28. The van der Waals surface area contributed by atoms with Crippen molar-refractivity contribution in [2.75, 3.05) is 0 Å². The van der Waals surface area contributed by atoms with Gasteiger partial charge in [0.05, 0.1) is 5.56 Å². The van der Waals surface area contributed by atoms with Crippen LogP contribution in [-0.2, 0) is 19.4 Å². The Balaban J connectivity index is 1.43. The Labute approximate surface area is 158 Å². The molecule has 4 heteroatoms. The fraction of sp³-hybridized carbons (Fsp3) is 0.174. The first-order valence-corrected chi connectivity index (χ1v) is 9.09. The largest absolute Gasteiger partial charge is 0.366 e. The van der Waals surface area contributed by atoms with Gasteiger partial charge >= 0.3 is 0 Å². The van der Waals surface area contributed by atoms with Crippen LogP contribution in [0, 0.1) is 5.82 Å². The highest BCUT2D eigenvalue weighted by atomic mass is 19.1. The first-order valence-electron chi connectivity index (χ1n) is 9.09. The van der Waals surface area contributed by atoms with E-state index in [1.165, 1.54) is 17.2 Å². The number of nitrogens with two attached hydrogens (primary N) is 1. The highest BCUT2D eigenvalue weighted by Crippen LogP contribution is 2.26. The third kappa shape index (κ3) is 3.62. The van der Waals surface area contributed by atoms with E-state index in [1.807, 2.05) is 24.3 Å². The van der Waals surface area contributed by atoms with E-state index in [-0.39, 0.29) is 5.56 Å². The molecular weight excluding hydrogens is 339 g/mol. The summed E-state index contributed by atoms with van der Waals surface area (Å²) in [5, 5.41) is 3.60. The maximum atomic E-state index is 14.5. The third-order valence-electron chi connectivity index (χ3n) is 5.17. The number of hydrogen-bond acceptors (Lipinski definition) is 2. The zero-order valence-corrected chi connectivity index (χ0v) is 14.9. The summed E-state index contributed by atoms with van der Waals surface area (Å²) in [6, 6.07) is 21.5. The molecule has 3 aromatic rings. The normalized spacial score (nSPS) is 13.5. The van der Waals surface area contributed by atoms with Crippen molar-refractivity contribution in [3.05, 3.63) is 94.8 Å². The van der Waals surface area contributed by atoms with Crippen LogP contribution in [0.5, 0.6) is 0 Å². The third-order valence-corrected chi connectivity index (χ3v) is 5.17. The molecule has 1 aliphatic rings. The van der Waals surface area contributed by atoms with Crippen molar-refractivity contribution in [1.29, 1.82) is 0 Å². The average molecular weight is 360 g/mol. The molecule has 0 heterocycles. The van der Waals surface area contributed by atoms with E-state index in [1.54, 1.807) is 12.1 Å². The van der Waals surface area contributed by atoms with Crippen LogP contribution in [0.2, 0.25) is 0 Å². The number of hydrogen-bond donors (Lipinski definition) is 2. The molecule has 0 atom stereocenters. The minimum atomic E-state index is -0.757. The second-order valence-electron chi connectivity index (χ2n) is 6.98. The minimum absolute atomic E-state index is 0.0842. The molecule has 27 heavy (non-hydrogen) atoms. The number of primary amides is 1. The van der Waals surface area contributed by atoms with Crippen molar-refractivity contribution >= 4 is 5.91 Å². The maximum absolute atomic E-state index is 14.5. The van der Waals surface area contributed by atoms with Crippen molar-refractivity contribution in [1.82, 2.24) is 5.32 Å². The van der Waals surface area contributed by atoms with Crippen LogP contribution in [0.1, 0.15) is 27.0 Å². The van der Waals surface area contributed by atoms with Crippen molar-refractivity contribution in [2.24, 2.45) is 5.73 Å². The van der Waals surface area contributed by atoms with Crippen LogP contribution in [0.15, 0.2) is 66.7 Å². The average Bonchev–Trinajstić information content (AvgIpc) is 3.10. The van der Waals surface area contributed by atoms with E-state index in [0.29, 0.717) is 11.6 Å². The molecule has 0 radical (unpaired) electrons. The van der Waals surface area contributed by atoms with Crippen molar-refractivity contribution in [3.8, 4) is 11.1 Å². The molecule has 0 bridgehead atoms. The second-order valence-corrected chi connectivity index (χ2v) is 6.98. The quantitative estimate of drug-likeness (QED) is 0.726. The van der Waals surface area contributed by atoms with Gasteiger partial charge in [-0.25, -0.2) is 4.39 Å². The van der Waals surface area contributed by atoms with Gasteiger partial charge in [0.15, 0.2) is 0 Å². The molecule has 136 valence electrons. The van der Waals surface area contributed by atoms with Crippen molar-refractivity contribution in [2.45, 2.75) is 25.4 Å². The van der Waals surface area contributed by atoms with E-state index < -0.39 is 11.7 Å². The van der Waals surface area contributed by atoms with Crippen molar-refractivity contribution in [3.63, 3.8) is 0 Å². The monoisotopic (exact) mass is 360 g/mol. The number of halogens is 1. The summed E-state index contributed by atoms with van der Waals surface area (Å²) < 4.78 is 14.5. The van der Waals surface area contributed by atoms with E-state index in [0.717, 1.165) is 30.5 Å². The number of carbonyl (C=O) groups is 1. The number of rotatable bonds is 5. The first kappa shape index (κ1) is 17.4. The Hall–Kier alpha value is -2.98. The summed E-state index contributed by atoms with van der Waals surface area (Å²) in [6.45, 7) is 0.767. The van der Waals surface area contributed by atoms with Crippen LogP contribution < -0.4 is 11.1 Å². The molecule has 3 aromatic carbocycles. The van der Waals surface area contributed by atoms with Crippen LogP contribution in [0.25, 0.3) is 11.1 Å². The number of nitrogens with one attached hydrogen (secondary N) is 1. The number of carbonyl (C=O) groups excluding carboxylic acids is 1. The molecule has 1 aliphatic carbocycles. The van der Waals surface area contributed by atoms with Crippen LogP contribution in [0.4, 0.5) is 4.39 Å². The van der Waals surface area contributed by atoms with Crippen molar-refractivity contribution < 1.29 is 9.18 Å². The highest BCUT2D eigenvalue weighted by molar-refractivity contribution is 5.94. The van der Waals surface area contributed by atoms with Gasteiger partial charge in [-0.1, -0.05) is 60.7 Å². The van der Waals surface area contributed by atoms with Gasteiger partial charge in [0.2, 0.25) is 0 Å². The zero-order valence-electron chi connectivity index (χ0n) is 14.9. The summed E-state index contributed by atoms with van der Waals surface area (Å²) in [5.41, 5.74) is 10.3. The summed E-state index contributed by atoms with van der Waals surface area (Å²) >= 11 is 0. The second kappa shape index (κ2) is 7.33. The van der Waals surface area contributed by atoms with Gasteiger partial charge in [-0.3, -0.25) is 4.79 Å². The summed E-state index contributed by atoms with van der Waals surface area (Å²) in [6.07, 6.45) is 2.11. The Morgan fingerprint density at radius 2 is 1.63 bits per heavy atom. The maximum Gasteiger partial charge on any atom is 0.251 e. The smallest absolute Gasteiger partial charge is 0.251 e. The molecule has 0 saturated heterocycles. The molecule has 0 spiro atoms. The van der Waals surface area contributed by atoms with Gasteiger partial charge in [0.1, 0.15) is 5.82 Å². The first-order chi connectivity index (χ1) is 13.1. The summed E-state index contributed by atoms with van der Waals surface area (Å²) in [7, 11) is 0. The molecule has 3 N–H and O–H groups in total. The fourth-order valence-corrected chi connectivity index (χ4v) is 3.71. The number of amides is 1. The van der Waals surface area contributed by atoms with E-state index in [9.17, 15) is 9.18 Å². The predicted molar refractivity (Wildman–Crippen MR) is 105 cm³/mol. The Morgan fingerprint density at radius 1 is 0.963 bits per heavy atom. The molecule has 0 saturated carbocycles. The Kier molecular flexibility index (Phi) is 4.73. The lowest BCUT2D eigenvalue weighted by Gasteiger charge is -2.12. The molecule has 0 aromatic heterocycles.